The zero-order valence-corrected chi connectivity index (χ0v) is 14.8. The third-order valence-electron chi connectivity index (χ3n) is 5.13. The normalized spacial score (nSPS) is 15.8. The molecule has 0 bridgehead atoms. The van der Waals surface area contributed by atoms with Crippen molar-refractivity contribution in [1.82, 2.24) is 9.88 Å². The third-order valence-corrected chi connectivity index (χ3v) is 5.13. The van der Waals surface area contributed by atoms with E-state index in [1.165, 1.54) is 16.3 Å². The smallest absolute Gasteiger partial charge is 0.239 e. The number of pyridine rings is 1. The van der Waals surface area contributed by atoms with Crippen LogP contribution in [-0.2, 0) is 4.79 Å². The topological polar surface area (TPSA) is 45.2 Å². The Morgan fingerprint density at radius 1 is 1.00 bits per heavy atom. The predicted octanol–water partition coefficient (Wildman–Crippen LogP) is 4.05. The van der Waals surface area contributed by atoms with Crippen LogP contribution in [0.5, 0.6) is 0 Å². The van der Waals surface area contributed by atoms with Gasteiger partial charge >= 0.3 is 0 Å². The number of benzene rings is 2. The lowest BCUT2D eigenvalue weighted by molar-refractivity contribution is -0.117. The number of nitrogens with one attached hydrogen (secondary N) is 1. The molecule has 4 rings (SSSR count). The molecule has 4 heteroatoms. The molecule has 1 aliphatic rings. The molecule has 1 aromatic heterocycles. The summed E-state index contributed by atoms with van der Waals surface area (Å²) in [6, 6.07) is 20.8. The number of amides is 1. The number of likely N-dealkylation sites (tertiary alicyclic amines) is 1. The standard InChI is InChI=1S/C22H23N3O/c26-22(24-21-7-3-4-12-23-21)16-25-13-10-18(11-14-25)20-9-8-17-5-1-2-6-19(17)15-20/h1-9,12,15,18H,10-11,13-14,16H2,(H,23,24,26). The van der Waals surface area contributed by atoms with E-state index in [2.05, 4.69) is 57.7 Å². The van der Waals surface area contributed by atoms with E-state index in [1.807, 2.05) is 18.2 Å². The van der Waals surface area contributed by atoms with Gasteiger partial charge in [0.15, 0.2) is 0 Å². The van der Waals surface area contributed by atoms with Crippen LogP contribution in [0.15, 0.2) is 66.9 Å². The Bertz CT molecular complexity index is 886. The second-order valence-corrected chi connectivity index (χ2v) is 6.92. The second kappa shape index (κ2) is 7.67. The molecule has 0 radical (unpaired) electrons. The molecule has 1 aliphatic heterocycles. The molecule has 0 unspecified atom stereocenters. The van der Waals surface area contributed by atoms with Crippen LogP contribution < -0.4 is 5.32 Å². The molecule has 0 saturated carbocycles. The first-order valence-corrected chi connectivity index (χ1v) is 9.20. The van der Waals surface area contributed by atoms with Gasteiger partial charge in [0.25, 0.3) is 0 Å². The summed E-state index contributed by atoms with van der Waals surface area (Å²) >= 11 is 0. The minimum atomic E-state index is 0.00727. The molecule has 0 atom stereocenters. The first-order valence-electron chi connectivity index (χ1n) is 9.20. The summed E-state index contributed by atoms with van der Waals surface area (Å²) in [6.45, 7) is 2.33. The molecule has 4 nitrogen and oxygen atoms in total. The average Bonchev–Trinajstić information content (AvgIpc) is 2.69. The van der Waals surface area contributed by atoms with E-state index in [1.54, 1.807) is 6.20 Å². The Morgan fingerprint density at radius 2 is 1.77 bits per heavy atom. The molecule has 1 N–H and O–H groups in total. The summed E-state index contributed by atoms with van der Waals surface area (Å²) in [4.78, 5) is 18.6. The van der Waals surface area contributed by atoms with E-state index in [0.29, 0.717) is 18.3 Å². The molecule has 0 aliphatic carbocycles. The minimum absolute atomic E-state index is 0.00727. The van der Waals surface area contributed by atoms with Gasteiger partial charge < -0.3 is 5.32 Å². The first-order chi connectivity index (χ1) is 12.8. The third kappa shape index (κ3) is 3.92. The molecule has 0 spiro atoms. The number of rotatable bonds is 4. The van der Waals surface area contributed by atoms with E-state index >= 15 is 0 Å². The van der Waals surface area contributed by atoms with Gasteiger partial charge in [0.05, 0.1) is 6.54 Å². The van der Waals surface area contributed by atoms with Gasteiger partial charge in [-0.3, -0.25) is 9.69 Å². The maximum atomic E-state index is 12.2. The molecule has 1 saturated heterocycles. The number of hydrogen-bond donors (Lipinski definition) is 1. The van der Waals surface area contributed by atoms with Crippen molar-refractivity contribution in [2.45, 2.75) is 18.8 Å². The van der Waals surface area contributed by atoms with Crippen LogP contribution in [-0.4, -0.2) is 35.4 Å². The van der Waals surface area contributed by atoms with E-state index in [0.717, 1.165) is 25.9 Å². The van der Waals surface area contributed by atoms with Crippen LogP contribution in [0.3, 0.4) is 0 Å². The van der Waals surface area contributed by atoms with Gasteiger partial charge in [0.1, 0.15) is 5.82 Å². The summed E-state index contributed by atoms with van der Waals surface area (Å²) in [5.41, 5.74) is 1.42. The Labute approximate surface area is 153 Å². The number of hydrogen-bond acceptors (Lipinski definition) is 3. The van der Waals surface area contributed by atoms with E-state index in [-0.39, 0.29) is 5.91 Å². The van der Waals surface area contributed by atoms with Gasteiger partial charge in [0, 0.05) is 6.20 Å². The number of aromatic nitrogens is 1. The summed E-state index contributed by atoms with van der Waals surface area (Å²) < 4.78 is 0. The highest BCUT2D eigenvalue weighted by atomic mass is 16.2. The van der Waals surface area contributed by atoms with E-state index in [4.69, 9.17) is 0 Å². The van der Waals surface area contributed by atoms with E-state index in [9.17, 15) is 4.79 Å². The molecule has 1 amide bonds. The van der Waals surface area contributed by atoms with Crippen LogP contribution in [0.4, 0.5) is 5.82 Å². The number of carbonyl (C=O) groups is 1. The highest BCUT2D eigenvalue weighted by Crippen LogP contribution is 2.30. The zero-order chi connectivity index (χ0) is 17.8. The van der Waals surface area contributed by atoms with Crippen molar-refractivity contribution in [3.8, 4) is 0 Å². The van der Waals surface area contributed by atoms with Gasteiger partial charge in [-0.05, 0) is 60.3 Å². The van der Waals surface area contributed by atoms with E-state index < -0.39 is 0 Å². The Kier molecular flexibility index (Phi) is 4.93. The lowest BCUT2D eigenvalue weighted by Gasteiger charge is -2.31. The molecule has 2 heterocycles. The summed E-state index contributed by atoms with van der Waals surface area (Å²) in [5, 5.41) is 5.46. The van der Waals surface area contributed by atoms with Crippen molar-refractivity contribution < 1.29 is 4.79 Å². The molecular weight excluding hydrogens is 322 g/mol. The second-order valence-electron chi connectivity index (χ2n) is 6.92. The van der Waals surface area contributed by atoms with Crippen molar-refractivity contribution >= 4 is 22.5 Å². The molecule has 26 heavy (non-hydrogen) atoms. The van der Waals surface area contributed by atoms with Crippen LogP contribution in [0.25, 0.3) is 10.8 Å². The lowest BCUT2D eigenvalue weighted by atomic mass is 9.88. The van der Waals surface area contributed by atoms with Crippen molar-refractivity contribution in [3.63, 3.8) is 0 Å². The van der Waals surface area contributed by atoms with Gasteiger partial charge in [-0.1, -0.05) is 48.5 Å². The quantitative estimate of drug-likeness (QED) is 0.776. The van der Waals surface area contributed by atoms with Gasteiger partial charge in [-0.15, -0.1) is 0 Å². The Hall–Kier alpha value is -2.72. The number of fused-ring (bicyclic) bond motifs is 1. The minimum Gasteiger partial charge on any atom is -0.310 e. The van der Waals surface area contributed by atoms with Crippen LogP contribution in [0, 0.1) is 0 Å². The number of piperidine rings is 1. The Balaban J connectivity index is 1.32. The van der Waals surface area contributed by atoms with Gasteiger partial charge in [-0.25, -0.2) is 4.98 Å². The largest absolute Gasteiger partial charge is 0.310 e. The van der Waals surface area contributed by atoms with Crippen LogP contribution in [0.1, 0.15) is 24.3 Å². The van der Waals surface area contributed by atoms with Crippen molar-refractivity contribution in [2.75, 3.05) is 25.0 Å². The Morgan fingerprint density at radius 3 is 2.54 bits per heavy atom. The maximum absolute atomic E-state index is 12.2. The predicted molar refractivity (Wildman–Crippen MR) is 105 cm³/mol. The van der Waals surface area contributed by atoms with Gasteiger partial charge in [-0.2, -0.15) is 0 Å². The number of carbonyl (C=O) groups excluding carboxylic acids is 1. The molecular formula is C22H23N3O. The monoisotopic (exact) mass is 345 g/mol. The van der Waals surface area contributed by atoms with Crippen molar-refractivity contribution in [3.05, 3.63) is 72.4 Å². The van der Waals surface area contributed by atoms with Crippen molar-refractivity contribution in [2.24, 2.45) is 0 Å². The molecule has 1 fully saturated rings. The summed E-state index contributed by atoms with van der Waals surface area (Å²) in [5.74, 6) is 1.20. The lowest BCUT2D eigenvalue weighted by Crippen LogP contribution is -2.38. The maximum Gasteiger partial charge on any atom is 0.239 e. The highest BCUT2D eigenvalue weighted by molar-refractivity contribution is 5.91. The zero-order valence-electron chi connectivity index (χ0n) is 14.8. The van der Waals surface area contributed by atoms with Crippen molar-refractivity contribution in [1.29, 1.82) is 0 Å². The highest BCUT2D eigenvalue weighted by Gasteiger charge is 2.22. The fraction of sp³-hybridized carbons (Fsp3) is 0.273. The number of anilines is 1. The van der Waals surface area contributed by atoms with Crippen LogP contribution in [0.2, 0.25) is 0 Å². The SMILES string of the molecule is O=C(CN1CCC(c2ccc3ccccc3c2)CC1)Nc1ccccn1. The molecule has 132 valence electrons. The fourth-order valence-corrected chi connectivity index (χ4v) is 3.71. The number of nitrogens with zero attached hydrogens (tertiary/aromatic N) is 2. The molecule has 3 aromatic rings. The molecule has 2 aromatic carbocycles. The first kappa shape index (κ1) is 16.7. The summed E-state index contributed by atoms with van der Waals surface area (Å²) in [7, 11) is 0. The summed E-state index contributed by atoms with van der Waals surface area (Å²) in [6.07, 6.45) is 3.87. The average molecular weight is 345 g/mol. The van der Waals surface area contributed by atoms with Crippen LogP contribution >= 0.6 is 0 Å². The fourth-order valence-electron chi connectivity index (χ4n) is 3.71. The van der Waals surface area contributed by atoms with Gasteiger partial charge in [0.2, 0.25) is 5.91 Å².